The lowest BCUT2D eigenvalue weighted by atomic mass is 10.00. The van der Waals surface area contributed by atoms with Gasteiger partial charge in [0, 0.05) is 54.9 Å². The van der Waals surface area contributed by atoms with Gasteiger partial charge in [0.25, 0.3) is 0 Å². The number of amides is 1. The molecule has 3 N–H and O–H groups in total. The van der Waals surface area contributed by atoms with Crippen LogP contribution in [0, 0.1) is 0 Å². The first kappa shape index (κ1) is 26.9. The molecule has 1 amide bonds. The molecular formula is C32H45N5O. The van der Waals surface area contributed by atoms with E-state index >= 15 is 0 Å². The second kappa shape index (κ2) is 13.4. The highest BCUT2D eigenvalue weighted by molar-refractivity contribution is 5.83. The first-order valence-corrected chi connectivity index (χ1v) is 14.7. The number of aromatic nitrogens is 1. The molecule has 3 aromatic rings. The maximum absolute atomic E-state index is 13.2. The molecule has 2 aliphatic heterocycles. The number of nitrogens with one attached hydrogen (secondary N) is 3. The SMILES string of the molecule is CC(Cc1ccccc1)NC[C@@H](Cc1c[nH]c2ccccc12)NCC(=O)N1CCC(N2CCCCC2)CC1. The Morgan fingerprint density at radius 3 is 2.45 bits per heavy atom. The molecule has 1 aromatic heterocycles. The Morgan fingerprint density at radius 1 is 0.921 bits per heavy atom. The van der Waals surface area contributed by atoms with E-state index in [1.807, 2.05) is 0 Å². The third-order valence-electron chi connectivity index (χ3n) is 8.50. The predicted octanol–water partition coefficient (Wildman–Crippen LogP) is 4.37. The number of fused-ring (bicyclic) bond motifs is 1. The van der Waals surface area contributed by atoms with Crippen LogP contribution in [-0.2, 0) is 17.6 Å². The van der Waals surface area contributed by atoms with Crippen molar-refractivity contribution in [3.63, 3.8) is 0 Å². The standard InChI is InChI=1S/C32H45N5O/c1-25(20-26-10-4-2-5-11-26)33-23-28(21-27-22-35-31-13-7-6-12-30(27)31)34-24-32(38)37-18-14-29(15-19-37)36-16-8-3-9-17-36/h2,4-7,10-13,22,25,28-29,33-35H,3,8-9,14-21,23-24H2,1H3/t25?,28-/m1/s1. The summed E-state index contributed by atoms with van der Waals surface area (Å²) in [4.78, 5) is 21.4. The first-order valence-electron chi connectivity index (χ1n) is 14.7. The van der Waals surface area contributed by atoms with Gasteiger partial charge in [-0.15, -0.1) is 0 Å². The highest BCUT2D eigenvalue weighted by Gasteiger charge is 2.27. The van der Waals surface area contributed by atoms with Crippen LogP contribution in [0.3, 0.4) is 0 Å². The van der Waals surface area contributed by atoms with Crippen LogP contribution in [0.2, 0.25) is 0 Å². The lowest BCUT2D eigenvalue weighted by molar-refractivity contribution is -0.132. The van der Waals surface area contributed by atoms with Crippen LogP contribution in [0.1, 0.15) is 50.2 Å². The molecule has 0 bridgehead atoms. The molecule has 2 aromatic carbocycles. The number of likely N-dealkylation sites (tertiary alicyclic amines) is 2. The van der Waals surface area contributed by atoms with E-state index in [9.17, 15) is 4.79 Å². The molecule has 2 saturated heterocycles. The number of benzene rings is 2. The van der Waals surface area contributed by atoms with Crippen molar-refractivity contribution in [2.75, 3.05) is 39.3 Å². The predicted molar refractivity (Wildman–Crippen MR) is 156 cm³/mol. The molecule has 5 rings (SSSR count). The zero-order valence-electron chi connectivity index (χ0n) is 23.0. The number of carbonyl (C=O) groups is 1. The maximum Gasteiger partial charge on any atom is 0.236 e. The Bertz CT molecular complexity index is 1130. The van der Waals surface area contributed by atoms with Crippen molar-refractivity contribution in [1.82, 2.24) is 25.4 Å². The molecule has 1 unspecified atom stereocenters. The molecule has 2 aliphatic rings. The number of H-pyrrole nitrogens is 1. The highest BCUT2D eigenvalue weighted by atomic mass is 16.2. The van der Waals surface area contributed by atoms with E-state index in [0.717, 1.165) is 45.3 Å². The van der Waals surface area contributed by atoms with E-state index in [4.69, 9.17) is 0 Å². The van der Waals surface area contributed by atoms with E-state index in [-0.39, 0.29) is 11.9 Å². The molecule has 38 heavy (non-hydrogen) atoms. The molecule has 6 heteroatoms. The molecule has 6 nitrogen and oxygen atoms in total. The minimum atomic E-state index is 0.169. The van der Waals surface area contributed by atoms with Crippen LogP contribution >= 0.6 is 0 Å². The number of hydrogen-bond acceptors (Lipinski definition) is 4. The summed E-state index contributed by atoms with van der Waals surface area (Å²) in [7, 11) is 0. The van der Waals surface area contributed by atoms with Gasteiger partial charge in [0.15, 0.2) is 0 Å². The average molecular weight is 516 g/mol. The average Bonchev–Trinajstić information content (AvgIpc) is 3.38. The normalized spacial score (nSPS) is 19.0. The molecule has 3 heterocycles. The van der Waals surface area contributed by atoms with Crippen LogP contribution in [0.4, 0.5) is 0 Å². The Balaban J connectivity index is 1.15. The van der Waals surface area contributed by atoms with Crippen molar-refractivity contribution in [2.24, 2.45) is 0 Å². The van der Waals surface area contributed by atoms with Crippen molar-refractivity contribution in [3.05, 3.63) is 71.9 Å². The van der Waals surface area contributed by atoms with Crippen LogP contribution in [0.15, 0.2) is 60.8 Å². The summed E-state index contributed by atoms with van der Waals surface area (Å²) < 4.78 is 0. The third-order valence-corrected chi connectivity index (χ3v) is 8.50. The van der Waals surface area contributed by atoms with Gasteiger partial charge in [0.2, 0.25) is 5.91 Å². The van der Waals surface area contributed by atoms with E-state index in [2.05, 4.69) is 93.1 Å². The fourth-order valence-corrected chi connectivity index (χ4v) is 6.27. The first-order chi connectivity index (χ1) is 18.7. The van der Waals surface area contributed by atoms with Gasteiger partial charge in [-0.1, -0.05) is 55.0 Å². The maximum atomic E-state index is 13.2. The van der Waals surface area contributed by atoms with Gasteiger partial charge in [-0.2, -0.15) is 0 Å². The van der Waals surface area contributed by atoms with Crippen LogP contribution in [0.25, 0.3) is 10.9 Å². The zero-order chi connectivity index (χ0) is 26.2. The second-order valence-electron chi connectivity index (χ2n) is 11.3. The smallest absolute Gasteiger partial charge is 0.236 e. The molecule has 0 radical (unpaired) electrons. The van der Waals surface area contributed by atoms with E-state index in [1.165, 1.54) is 54.4 Å². The van der Waals surface area contributed by atoms with Crippen molar-refractivity contribution in [2.45, 2.75) is 70.0 Å². The molecule has 0 aliphatic carbocycles. The Kier molecular flexibility index (Phi) is 9.50. The van der Waals surface area contributed by atoms with Gasteiger partial charge in [0.05, 0.1) is 6.54 Å². The van der Waals surface area contributed by atoms with E-state index in [1.54, 1.807) is 0 Å². The monoisotopic (exact) mass is 515 g/mol. The molecule has 2 fully saturated rings. The molecule has 0 saturated carbocycles. The summed E-state index contributed by atoms with van der Waals surface area (Å²) in [6.45, 7) is 7.72. The summed E-state index contributed by atoms with van der Waals surface area (Å²) in [6.07, 6.45) is 10.3. The lowest BCUT2D eigenvalue weighted by Gasteiger charge is -2.40. The highest BCUT2D eigenvalue weighted by Crippen LogP contribution is 2.21. The number of aromatic amines is 1. The van der Waals surface area contributed by atoms with Crippen molar-refractivity contribution in [1.29, 1.82) is 0 Å². The lowest BCUT2D eigenvalue weighted by Crippen LogP contribution is -2.51. The quantitative estimate of drug-likeness (QED) is 0.355. The Labute approximate surface area is 228 Å². The molecule has 2 atom stereocenters. The van der Waals surface area contributed by atoms with Crippen molar-refractivity contribution >= 4 is 16.8 Å². The van der Waals surface area contributed by atoms with Gasteiger partial charge in [0.1, 0.15) is 0 Å². The number of hydrogen-bond donors (Lipinski definition) is 3. The fourth-order valence-electron chi connectivity index (χ4n) is 6.27. The summed E-state index contributed by atoms with van der Waals surface area (Å²) >= 11 is 0. The number of nitrogens with zero attached hydrogens (tertiary/aromatic N) is 2. The molecule has 0 spiro atoms. The van der Waals surface area contributed by atoms with Gasteiger partial charge in [-0.25, -0.2) is 0 Å². The second-order valence-corrected chi connectivity index (χ2v) is 11.3. The van der Waals surface area contributed by atoms with Crippen molar-refractivity contribution < 1.29 is 4.79 Å². The minimum Gasteiger partial charge on any atom is -0.361 e. The van der Waals surface area contributed by atoms with Crippen LogP contribution in [0.5, 0.6) is 0 Å². The van der Waals surface area contributed by atoms with Crippen molar-refractivity contribution in [3.8, 4) is 0 Å². The summed E-state index contributed by atoms with van der Waals surface area (Å²) in [5, 5.41) is 8.64. The van der Waals surface area contributed by atoms with Gasteiger partial charge < -0.3 is 25.4 Å². The number of piperidine rings is 2. The largest absolute Gasteiger partial charge is 0.361 e. The van der Waals surface area contributed by atoms with Crippen LogP contribution < -0.4 is 10.6 Å². The topological polar surface area (TPSA) is 63.4 Å². The third kappa shape index (κ3) is 7.25. The number of para-hydroxylation sites is 1. The van der Waals surface area contributed by atoms with Gasteiger partial charge in [-0.05, 0) is 75.7 Å². The summed E-state index contributed by atoms with van der Waals surface area (Å²) in [5.74, 6) is 0.239. The van der Waals surface area contributed by atoms with E-state index < -0.39 is 0 Å². The molecule has 204 valence electrons. The Morgan fingerprint density at radius 2 is 1.66 bits per heavy atom. The summed E-state index contributed by atoms with van der Waals surface area (Å²) in [5.41, 5.74) is 3.81. The zero-order valence-corrected chi connectivity index (χ0v) is 23.0. The number of carbonyl (C=O) groups excluding carboxylic acids is 1. The van der Waals surface area contributed by atoms with Gasteiger partial charge in [-0.3, -0.25) is 4.79 Å². The van der Waals surface area contributed by atoms with E-state index in [0.29, 0.717) is 18.6 Å². The summed E-state index contributed by atoms with van der Waals surface area (Å²) in [6, 6.07) is 20.3. The minimum absolute atomic E-state index is 0.169. The number of rotatable bonds is 11. The Hall–Kier alpha value is -2.67. The molecular weight excluding hydrogens is 470 g/mol. The van der Waals surface area contributed by atoms with Gasteiger partial charge >= 0.3 is 0 Å². The van der Waals surface area contributed by atoms with Crippen LogP contribution in [-0.4, -0.2) is 78.1 Å². The fraction of sp³-hybridized carbons (Fsp3) is 0.531.